The second kappa shape index (κ2) is 20.0. The largest absolute Gasteiger partial charge is 0.378 e. The Kier molecular flexibility index (Phi) is 16.9. The first-order chi connectivity index (χ1) is 20.4. The molecule has 16 heteroatoms. The van der Waals surface area contributed by atoms with Gasteiger partial charge in [-0.2, -0.15) is 0 Å². The summed E-state index contributed by atoms with van der Waals surface area (Å²) in [6, 6.07) is 3.36. The molecular weight excluding hydrogens is 592 g/mol. The van der Waals surface area contributed by atoms with Crippen molar-refractivity contribution in [2.75, 3.05) is 91.1 Å². The maximum atomic E-state index is 13.1. The molecule has 1 fully saturated rings. The molecule has 0 bridgehead atoms. The summed E-state index contributed by atoms with van der Waals surface area (Å²) in [6.07, 6.45) is 0.0539. The molecule has 15 nitrogen and oxygen atoms in total. The van der Waals surface area contributed by atoms with Crippen LogP contribution in [0.1, 0.15) is 33.6 Å². The van der Waals surface area contributed by atoms with Crippen molar-refractivity contribution in [2.45, 2.75) is 18.9 Å². The second-order valence-electron chi connectivity index (χ2n) is 9.13. The van der Waals surface area contributed by atoms with E-state index in [-0.39, 0.29) is 61.9 Å². The predicted molar refractivity (Wildman–Crippen MR) is 153 cm³/mol. The molecule has 1 saturated heterocycles. The summed E-state index contributed by atoms with van der Waals surface area (Å²) < 4.78 is 32.0. The number of amides is 5. The van der Waals surface area contributed by atoms with Crippen molar-refractivity contribution in [3.8, 4) is 0 Å². The van der Waals surface area contributed by atoms with Crippen LogP contribution in [0.15, 0.2) is 18.2 Å². The fraction of sp³-hybridized carbons (Fsp3) is 0.593. The van der Waals surface area contributed by atoms with E-state index < -0.39 is 35.6 Å². The van der Waals surface area contributed by atoms with Gasteiger partial charge >= 0.3 is 0 Å². The van der Waals surface area contributed by atoms with Crippen molar-refractivity contribution >= 4 is 47.6 Å². The van der Waals surface area contributed by atoms with E-state index in [0.717, 1.165) is 4.90 Å². The van der Waals surface area contributed by atoms with E-state index in [9.17, 15) is 24.0 Å². The minimum absolute atomic E-state index is 0. The summed E-state index contributed by atoms with van der Waals surface area (Å²) >= 11 is 0. The summed E-state index contributed by atoms with van der Waals surface area (Å²) in [6.45, 7) is 4.62. The number of hydrogen-bond acceptors (Lipinski definition) is 12. The zero-order valence-corrected chi connectivity index (χ0v) is 24.7. The molecule has 1 unspecified atom stereocenters. The highest BCUT2D eigenvalue weighted by molar-refractivity contribution is 6.26. The van der Waals surface area contributed by atoms with E-state index in [1.54, 1.807) is 0 Å². The number of hydrogen-bond donors (Lipinski definition) is 3. The Morgan fingerprint density at radius 2 is 1.35 bits per heavy atom. The second-order valence-corrected chi connectivity index (χ2v) is 9.13. The first-order valence-corrected chi connectivity index (χ1v) is 13.7. The Hall–Kier alpha value is -3.02. The van der Waals surface area contributed by atoms with Crippen LogP contribution in [-0.4, -0.2) is 126 Å². The van der Waals surface area contributed by atoms with Crippen molar-refractivity contribution in [1.29, 1.82) is 0 Å². The van der Waals surface area contributed by atoms with Gasteiger partial charge in [0.1, 0.15) is 12.6 Å². The molecule has 5 amide bonds. The quantitative estimate of drug-likeness (QED) is 0.117. The highest BCUT2D eigenvalue weighted by Gasteiger charge is 2.45. The van der Waals surface area contributed by atoms with Crippen LogP contribution in [0.2, 0.25) is 0 Å². The van der Waals surface area contributed by atoms with Crippen molar-refractivity contribution in [2.24, 2.45) is 5.73 Å². The van der Waals surface area contributed by atoms with Gasteiger partial charge in [0.25, 0.3) is 11.8 Å². The Morgan fingerprint density at radius 3 is 1.88 bits per heavy atom. The lowest BCUT2D eigenvalue weighted by atomic mass is 10.0. The lowest BCUT2D eigenvalue weighted by Gasteiger charge is -2.27. The number of nitrogens with zero attached hydrogens (tertiary/aromatic N) is 1. The SMILES string of the molecule is Cl.NCCOCCOCCOCCOCCOCCOCC(=O)Nc1cccc2c1C(=O)N(C1CCC(=O)NC1=O)C2=O. The van der Waals surface area contributed by atoms with Gasteiger partial charge in [0.2, 0.25) is 17.7 Å². The molecule has 1 aromatic carbocycles. The van der Waals surface area contributed by atoms with Gasteiger partial charge in [0, 0.05) is 13.0 Å². The van der Waals surface area contributed by atoms with Crippen molar-refractivity contribution in [1.82, 2.24) is 10.2 Å². The van der Waals surface area contributed by atoms with Crippen LogP contribution >= 0.6 is 12.4 Å². The molecule has 2 aliphatic rings. The molecule has 3 rings (SSSR count). The van der Waals surface area contributed by atoms with Crippen LogP contribution < -0.4 is 16.4 Å². The lowest BCUT2D eigenvalue weighted by Crippen LogP contribution is -2.54. The van der Waals surface area contributed by atoms with E-state index in [1.165, 1.54) is 18.2 Å². The fourth-order valence-electron chi connectivity index (χ4n) is 4.15. The molecule has 4 N–H and O–H groups in total. The minimum Gasteiger partial charge on any atom is -0.378 e. The number of carbonyl (C=O) groups is 5. The van der Waals surface area contributed by atoms with Gasteiger partial charge in [-0.3, -0.25) is 34.2 Å². The first kappa shape index (κ1) is 36.2. The molecule has 43 heavy (non-hydrogen) atoms. The number of carbonyl (C=O) groups excluding carboxylic acids is 5. The van der Waals surface area contributed by atoms with Crippen LogP contribution in [0, 0.1) is 0 Å². The van der Waals surface area contributed by atoms with E-state index in [2.05, 4.69) is 10.6 Å². The zero-order valence-electron chi connectivity index (χ0n) is 23.8. The zero-order chi connectivity index (χ0) is 30.2. The maximum Gasteiger partial charge on any atom is 0.264 e. The van der Waals surface area contributed by atoms with E-state index >= 15 is 0 Å². The molecule has 0 aliphatic carbocycles. The normalized spacial score (nSPS) is 16.2. The van der Waals surface area contributed by atoms with Crippen LogP contribution in [0.25, 0.3) is 0 Å². The molecule has 1 atom stereocenters. The summed E-state index contributed by atoms with van der Waals surface area (Å²) in [7, 11) is 0. The van der Waals surface area contributed by atoms with Crippen molar-refractivity contribution in [3.63, 3.8) is 0 Å². The molecule has 0 spiro atoms. The molecule has 1 aromatic rings. The van der Waals surface area contributed by atoms with Gasteiger partial charge in [0.05, 0.1) is 89.5 Å². The summed E-state index contributed by atoms with van der Waals surface area (Å²) in [4.78, 5) is 62.9. The van der Waals surface area contributed by atoms with Gasteiger partial charge in [-0.25, -0.2) is 0 Å². The third-order valence-corrected chi connectivity index (χ3v) is 6.10. The average molecular weight is 631 g/mol. The number of piperidine rings is 1. The molecule has 2 aliphatic heterocycles. The van der Waals surface area contributed by atoms with Gasteiger partial charge in [-0.1, -0.05) is 6.07 Å². The minimum atomic E-state index is -1.09. The highest BCUT2D eigenvalue weighted by atomic mass is 35.5. The Bertz CT molecular complexity index is 1090. The summed E-state index contributed by atoms with van der Waals surface area (Å²) in [5.41, 5.74) is 5.51. The smallest absolute Gasteiger partial charge is 0.264 e. The maximum absolute atomic E-state index is 13.1. The monoisotopic (exact) mass is 630 g/mol. The number of halogens is 1. The number of nitrogens with two attached hydrogens (primary N) is 1. The van der Waals surface area contributed by atoms with Crippen LogP contribution in [0.3, 0.4) is 0 Å². The fourth-order valence-corrected chi connectivity index (χ4v) is 4.15. The Balaban J connectivity index is 0.00000645. The Labute approximate surface area is 255 Å². The average Bonchev–Trinajstić information content (AvgIpc) is 3.22. The molecule has 2 heterocycles. The number of benzene rings is 1. The molecule has 0 saturated carbocycles. The topological polar surface area (TPSA) is 194 Å². The van der Waals surface area contributed by atoms with Gasteiger partial charge in [-0.15, -0.1) is 12.4 Å². The third-order valence-electron chi connectivity index (χ3n) is 6.10. The number of fused-ring (bicyclic) bond motifs is 1. The summed E-state index contributed by atoms with van der Waals surface area (Å²) in [5.74, 6) is -3.06. The number of anilines is 1. The lowest BCUT2D eigenvalue weighted by molar-refractivity contribution is -0.136. The predicted octanol–water partition coefficient (Wildman–Crippen LogP) is -0.494. The first-order valence-electron chi connectivity index (χ1n) is 13.7. The molecular formula is C27H39ClN4O11. The number of ether oxygens (including phenoxy) is 6. The molecule has 0 aromatic heterocycles. The van der Waals surface area contributed by atoms with Gasteiger partial charge in [-0.05, 0) is 18.6 Å². The highest BCUT2D eigenvalue weighted by Crippen LogP contribution is 2.32. The summed E-state index contributed by atoms with van der Waals surface area (Å²) in [5, 5.41) is 4.73. The van der Waals surface area contributed by atoms with E-state index in [0.29, 0.717) is 66.0 Å². The number of nitrogens with one attached hydrogen (secondary N) is 2. The third kappa shape index (κ3) is 11.5. The Morgan fingerprint density at radius 1 is 0.814 bits per heavy atom. The van der Waals surface area contributed by atoms with Gasteiger partial charge in [0.15, 0.2) is 0 Å². The standard InChI is InChI=1S/C27H38N4O11.ClH/c28-6-7-37-8-9-38-10-11-39-12-13-40-14-15-41-16-17-42-18-23(33)29-20-3-1-2-19-24(20)27(36)31(26(19)35)21-4-5-22(32)30-25(21)34;/h1-3,21H,4-18,28H2,(H,29,33)(H,30,32,34);1H. The molecule has 240 valence electrons. The van der Waals surface area contributed by atoms with Crippen molar-refractivity contribution in [3.05, 3.63) is 29.3 Å². The molecule has 0 radical (unpaired) electrons. The van der Waals surface area contributed by atoms with Crippen LogP contribution in [0.5, 0.6) is 0 Å². The van der Waals surface area contributed by atoms with Gasteiger partial charge < -0.3 is 39.5 Å². The van der Waals surface area contributed by atoms with Crippen LogP contribution in [0.4, 0.5) is 5.69 Å². The van der Waals surface area contributed by atoms with E-state index in [4.69, 9.17) is 34.2 Å². The van der Waals surface area contributed by atoms with Crippen LogP contribution in [-0.2, 0) is 42.8 Å². The number of rotatable bonds is 21. The van der Waals surface area contributed by atoms with E-state index in [1.807, 2.05) is 0 Å². The van der Waals surface area contributed by atoms with Crippen molar-refractivity contribution < 1.29 is 52.4 Å². The number of imide groups is 2.